The molecule has 2 aliphatic heterocycles. The molecule has 0 spiro atoms. The normalized spacial score (nSPS) is 21.0. The molecule has 1 unspecified atom stereocenters. The highest BCUT2D eigenvalue weighted by Gasteiger charge is 2.26. The van der Waals surface area contributed by atoms with E-state index in [4.69, 9.17) is 4.74 Å². The van der Waals surface area contributed by atoms with Crippen LogP contribution in [-0.4, -0.2) is 60.4 Å². The summed E-state index contributed by atoms with van der Waals surface area (Å²) < 4.78 is 19.6. The number of piperidine rings is 1. The minimum atomic E-state index is -0.305. The van der Waals surface area contributed by atoms with Crippen molar-refractivity contribution in [3.05, 3.63) is 29.6 Å². The molecular formula is C18H24FN3O3. The van der Waals surface area contributed by atoms with E-state index in [0.29, 0.717) is 44.1 Å². The summed E-state index contributed by atoms with van der Waals surface area (Å²) in [5.74, 6) is 0.185. The van der Waals surface area contributed by atoms with Gasteiger partial charge in [0.1, 0.15) is 18.2 Å². The summed E-state index contributed by atoms with van der Waals surface area (Å²) in [5, 5.41) is 2.88. The van der Waals surface area contributed by atoms with Gasteiger partial charge in [-0.25, -0.2) is 4.39 Å². The van der Waals surface area contributed by atoms with Gasteiger partial charge in [-0.05, 0) is 25.0 Å². The molecule has 3 rings (SSSR count). The van der Waals surface area contributed by atoms with Crippen molar-refractivity contribution in [3.63, 3.8) is 0 Å². The van der Waals surface area contributed by atoms with E-state index in [1.807, 2.05) is 4.90 Å². The predicted octanol–water partition coefficient (Wildman–Crippen LogP) is 1.15. The van der Waals surface area contributed by atoms with Crippen molar-refractivity contribution < 1.29 is 18.7 Å². The Bertz CT molecular complexity index is 652. The fourth-order valence-electron chi connectivity index (χ4n) is 3.45. The van der Waals surface area contributed by atoms with Crippen LogP contribution in [-0.2, 0) is 16.1 Å². The molecular weight excluding hydrogens is 325 g/mol. The number of fused-ring (bicyclic) bond motifs is 1. The van der Waals surface area contributed by atoms with Gasteiger partial charge in [0.05, 0.1) is 6.54 Å². The summed E-state index contributed by atoms with van der Waals surface area (Å²) in [6.07, 6.45) is 1.76. The van der Waals surface area contributed by atoms with Crippen LogP contribution in [0.25, 0.3) is 0 Å². The second kappa shape index (κ2) is 7.82. The SMILES string of the molecule is CC(=O)NC1CCCN(C(=O)CN2CCOc3cccc(F)c3C2)C1. The van der Waals surface area contributed by atoms with E-state index in [1.165, 1.54) is 13.0 Å². The topological polar surface area (TPSA) is 61.9 Å². The molecule has 2 amide bonds. The Morgan fingerprint density at radius 3 is 3.00 bits per heavy atom. The van der Waals surface area contributed by atoms with Crippen LogP contribution >= 0.6 is 0 Å². The molecule has 136 valence electrons. The molecule has 1 atom stereocenters. The molecule has 7 heteroatoms. The number of ether oxygens (including phenoxy) is 1. The maximum atomic E-state index is 14.0. The first-order chi connectivity index (χ1) is 12.0. The van der Waals surface area contributed by atoms with Gasteiger partial charge < -0.3 is 15.0 Å². The van der Waals surface area contributed by atoms with Crippen molar-refractivity contribution in [2.75, 3.05) is 32.8 Å². The van der Waals surface area contributed by atoms with Gasteiger partial charge >= 0.3 is 0 Å². The number of hydrogen-bond acceptors (Lipinski definition) is 4. The number of amides is 2. The van der Waals surface area contributed by atoms with Crippen LogP contribution in [0, 0.1) is 5.82 Å². The number of nitrogens with one attached hydrogen (secondary N) is 1. The average molecular weight is 349 g/mol. The highest BCUT2D eigenvalue weighted by Crippen LogP contribution is 2.25. The van der Waals surface area contributed by atoms with Crippen LogP contribution in [0.15, 0.2) is 18.2 Å². The lowest BCUT2D eigenvalue weighted by Crippen LogP contribution is -2.51. The van der Waals surface area contributed by atoms with Gasteiger partial charge in [-0.1, -0.05) is 6.07 Å². The zero-order chi connectivity index (χ0) is 17.8. The first-order valence-corrected chi connectivity index (χ1v) is 8.70. The van der Waals surface area contributed by atoms with Gasteiger partial charge in [-0.2, -0.15) is 0 Å². The smallest absolute Gasteiger partial charge is 0.236 e. The Hall–Kier alpha value is -2.15. The molecule has 0 aromatic heterocycles. The minimum absolute atomic E-state index is 0.00911. The molecule has 0 bridgehead atoms. The first kappa shape index (κ1) is 17.7. The largest absolute Gasteiger partial charge is 0.492 e. The minimum Gasteiger partial charge on any atom is -0.492 e. The third-order valence-corrected chi connectivity index (χ3v) is 4.66. The number of nitrogens with zero attached hydrogens (tertiary/aromatic N) is 2. The predicted molar refractivity (Wildman–Crippen MR) is 90.6 cm³/mol. The Kier molecular flexibility index (Phi) is 5.53. The third-order valence-electron chi connectivity index (χ3n) is 4.66. The van der Waals surface area contributed by atoms with Crippen molar-refractivity contribution in [2.24, 2.45) is 0 Å². The molecule has 6 nitrogen and oxygen atoms in total. The number of halogens is 1. The molecule has 2 aliphatic rings. The van der Waals surface area contributed by atoms with Crippen molar-refractivity contribution >= 4 is 11.8 Å². The summed E-state index contributed by atoms with van der Waals surface area (Å²) in [6.45, 7) is 4.31. The molecule has 1 N–H and O–H groups in total. The number of carbonyl (C=O) groups is 2. The Balaban J connectivity index is 1.61. The van der Waals surface area contributed by atoms with E-state index < -0.39 is 0 Å². The van der Waals surface area contributed by atoms with E-state index >= 15 is 0 Å². The lowest BCUT2D eigenvalue weighted by molar-refractivity contribution is -0.134. The monoisotopic (exact) mass is 349 g/mol. The molecule has 1 fully saturated rings. The molecule has 2 heterocycles. The van der Waals surface area contributed by atoms with Crippen molar-refractivity contribution in [3.8, 4) is 5.75 Å². The van der Waals surface area contributed by atoms with Gasteiger partial charge in [-0.15, -0.1) is 0 Å². The summed E-state index contributed by atoms with van der Waals surface area (Å²) in [7, 11) is 0. The van der Waals surface area contributed by atoms with E-state index in [-0.39, 0.29) is 30.2 Å². The molecule has 0 radical (unpaired) electrons. The number of carbonyl (C=O) groups excluding carboxylic acids is 2. The van der Waals surface area contributed by atoms with E-state index in [0.717, 1.165) is 12.8 Å². The number of benzene rings is 1. The molecule has 25 heavy (non-hydrogen) atoms. The van der Waals surface area contributed by atoms with Crippen LogP contribution in [0.5, 0.6) is 5.75 Å². The van der Waals surface area contributed by atoms with E-state index in [9.17, 15) is 14.0 Å². The fraction of sp³-hybridized carbons (Fsp3) is 0.556. The van der Waals surface area contributed by atoms with Crippen LogP contribution < -0.4 is 10.1 Å². The molecule has 0 aliphatic carbocycles. The summed E-state index contributed by atoms with van der Waals surface area (Å²) in [4.78, 5) is 27.6. The zero-order valence-electron chi connectivity index (χ0n) is 14.5. The first-order valence-electron chi connectivity index (χ1n) is 8.70. The van der Waals surface area contributed by atoms with Crippen LogP contribution in [0.4, 0.5) is 4.39 Å². The van der Waals surface area contributed by atoms with Crippen molar-refractivity contribution in [1.82, 2.24) is 15.1 Å². The van der Waals surface area contributed by atoms with Crippen molar-refractivity contribution in [1.29, 1.82) is 0 Å². The van der Waals surface area contributed by atoms with E-state index in [1.54, 1.807) is 17.0 Å². The fourth-order valence-corrected chi connectivity index (χ4v) is 3.45. The van der Waals surface area contributed by atoms with Crippen LogP contribution in [0.1, 0.15) is 25.3 Å². The van der Waals surface area contributed by atoms with Crippen LogP contribution in [0.2, 0.25) is 0 Å². The number of rotatable bonds is 3. The number of likely N-dealkylation sites (tertiary alicyclic amines) is 1. The van der Waals surface area contributed by atoms with Gasteiger partial charge in [-0.3, -0.25) is 14.5 Å². The van der Waals surface area contributed by atoms with E-state index in [2.05, 4.69) is 5.32 Å². The van der Waals surface area contributed by atoms with Gasteiger partial charge in [0, 0.05) is 44.7 Å². The Morgan fingerprint density at radius 1 is 1.36 bits per heavy atom. The molecule has 0 saturated carbocycles. The highest BCUT2D eigenvalue weighted by molar-refractivity contribution is 5.78. The molecule has 1 aromatic rings. The number of hydrogen-bond donors (Lipinski definition) is 1. The van der Waals surface area contributed by atoms with Gasteiger partial charge in [0.2, 0.25) is 11.8 Å². The third kappa shape index (κ3) is 4.48. The van der Waals surface area contributed by atoms with Gasteiger partial charge in [0.25, 0.3) is 0 Å². The average Bonchev–Trinajstić information content (AvgIpc) is 2.77. The van der Waals surface area contributed by atoms with Crippen molar-refractivity contribution in [2.45, 2.75) is 32.4 Å². The lowest BCUT2D eigenvalue weighted by Gasteiger charge is -2.34. The Labute approximate surface area is 146 Å². The standard InChI is InChI=1S/C18H24FN3O3/c1-13(23)20-14-4-3-7-22(10-14)18(24)12-21-8-9-25-17-6-2-5-16(19)15(17)11-21/h2,5-6,14H,3-4,7-12H2,1H3,(H,20,23). The summed E-state index contributed by atoms with van der Waals surface area (Å²) >= 11 is 0. The summed E-state index contributed by atoms with van der Waals surface area (Å²) in [6, 6.07) is 4.81. The van der Waals surface area contributed by atoms with Gasteiger partial charge in [0.15, 0.2) is 0 Å². The molecule has 1 saturated heterocycles. The Morgan fingerprint density at radius 2 is 2.20 bits per heavy atom. The zero-order valence-corrected chi connectivity index (χ0v) is 14.5. The maximum absolute atomic E-state index is 14.0. The van der Waals surface area contributed by atoms with Crippen LogP contribution in [0.3, 0.4) is 0 Å². The highest BCUT2D eigenvalue weighted by atomic mass is 19.1. The summed E-state index contributed by atoms with van der Waals surface area (Å²) in [5.41, 5.74) is 0.502. The maximum Gasteiger partial charge on any atom is 0.236 e. The second-order valence-electron chi connectivity index (χ2n) is 6.66. The lowest BCUT2D eigenvalue weighted by atomic mass is 10.1. The molecule has 1 aromatic carbocycles. The second-order valence-corrected chi connectivity index (χ2v) is 6.66. The quantitative estimate of drug-likeness (QED) is 0.889.